The molecule has 0 fully saturated rings. The number of fused-ring (bicyclic) bond motifs is 1. The van der Waals surface area contributed by atoms with E-state index in [0.29, 0.717) is 11.1 Å². The van der Waals surface area contributed by atoms with Crippen LogP contribution in [0.3, 0.4) is 0 Å². The lowest BCUT2D eigenvalue weighted by Crippen LogP contribution is -2.25. The second-order valence-electron chi connectivity index (χ2n) is 8.05. The van der Waals surface area contributed by atoms with Gasteiger partial charge in [-0.2, -0.15) is 13.2 Å². The van der Waals surface area contributed by atoms with Crippen molar-refractivity contribution in [1.82, 2.24) is 20.3 Å². The van der Waals surface area contributed by atoms with Crippen molar-refractivity contribution in [1.29, 1.82) is 0 Å². The van der Waals surface area contributed by atoms with E-state index in [1.165, 1.54) is 0 Å². The zero-order chi connectivity index (χ0) is 25.1. The Hall–Kier alpha value is -4.59. The van der Waals surface area contributed by atoms with Crippen LogP contribution in [0.25, 0.3) is 33.5 Å². The van der Waals surface area contributed by atoms with E-state index in [1.807, 2.05) is 30.3 Å². The molecule has 1 amide bonds. The molecule has 3 aromatic carbocycles. The van der Waals surface area contributed by atoms with Crippen LogP contribution in [0.2, 0.25) is 0 Å². The van der Waals surface area contributed by atoms with E-state index < -0.39 is 17.6 Å². The minimum Gasteiger partial charge on any atom is -0.345 e. The summed E-state index contributed by atoms with van der Waals surface area (Å²) in [6.45, 7) is 0.215. The van der Waals surface area contributed by atoms with Crippen LogP contribution in [0.5, 0.6) is 0 Å². The molecule has 2 heterocycles. The summed E-state index contributed by atoms with van der Waals surface area (Å²) in [5, 5.41) is 2.48. The Labute approximate surface area is 204 Å². The molecule has 0 bridgehead atoms. The average molecular weight is 484 g/mol. The third-order valence-corrected chi connectivity index (χ3v) is 5.59. The van der Waals surface area contributed by atoms with Crippen molar-refractivity contribution < 1.29 is 18.0 Å². The van der Waals surface area contributed by atoms with Crippen molar-refractivity contribution in [2.24, 2.45) is 0 Å². The van der Waals surface area contributed by atoms with Gasteiger partial charge in [0.15, 0.2) is 5.65 Å². The van der Waals surface area contributed by atoms with E-state index in [4.69, 9.17) is 0 Å². The third kappa shape index (κ3) is 4.79. The summed E-state index contributed by atoms with van der Waals surface area (Å²) in [6, 6.07) is 27.2. The summed E-state index contributed by atoms with van der Waals surface area (Å²) in [5.41, 5.74) is 0.748. The first-order chi connectivity index (χ1) is 17.4. The summed E-state index contributed by atoms with van der Waals surface area (Å²) in [4.78, 5) is 25.9. The van der Waals surface area contributed by atoms with Crippen molar-refractivity contribution in [2.45, 2.75) is 12.7 Å². The van der Waals surface area contributed by atoms with Crippen molar-refractivity contribution in [2.75, 3.05) is 0 Å². The smallest absolute Gasteiger partial charge is 0.345 e. The van der Waals surface area contributed by atoms with Crippen molar-refractivity contribution in [3.63, 3.8) is 0 Å². The molecule has 0 saturated heterocycles. The average Bonchev–Trinajstić information content (AvgIpc) is 2.91. The summed E-state index contributed by atoms with van der Waals surface area (Å²) < 4.78 is 42.9. The zero-order valence-electron chi connectivity index (χ0n) is 18.8. The first-order valence-electron chi connectivity index (χ1n) is 11.1. The fourth-order valence-electron chi connectivity index (χ4n) is 3.88. The molecule has 2 aromatic heterocycles. The van der Waals surface area contributed by atoms with Gasteiger partial charge in [-0.1, -0.05) is 91.0 Å². The van der Waals surface area contributed by atoms with E-state index in [2.05, 4.69) is 20.3 Å². The van der Waals surface area contributed by atoms with Gasteiger partial charge < -0.3 is 5.32 Å². The lowest BCUT2D eigenvalue weighted by Gasteiger charge is -2.16. The minimum atomic E-state index is -4.70. The number of alkyl halides is 3. The highest BCUT2D eigenvalue weighted by atomic mass is 19.4. The Morgan fingerprint density at radius 1 is 0.750 bits per heavy atom. The Morgan fingerprint density at radius 3 is 1.94 bits per heavy atom. The van der Waals surface area contributed by atoms with Crippen LogP contribution in [0.15, 0.2) is 97.1 Å². The number of rotatable bonds is 5. The molecule has 0 unspecified atom stereocenters. The fourth-order valence-corrected chi connectivity index (χ4v) is 3.88. The highest BCUT2D eigenvalue weighted by Gasteiger charge is 2.36. The van der Waals surface area contributed by atoms with Crippen LogP contribution in [0.1, 0.15) is 21.7 Å². The summed E-state index contributed by atoms with van der Waals surface area (Å²) in [5.74, 6) is -0.874. The Balaban J connectivity index is 1.71. The Kier molecular flexibility index (Phi) is 6.16. The topological polar surface area (TPSA) is 67.8 Å². The van der Waals surface area contributed by atoms with Crippen LogP contribution >= 0.6 is 0 Å². The Bertz CT molecular complexity index is 1520. The molecule has 8 heteroatoms. The molecule has 0 aliphatic carbocycles. The molecule has 5 aromatic rings. The summed E-state index contributed by atoms with van der Waals surface area (Å²) in [6.07, 6.45) is -4.70. The number of pyridine rings is 1. The van der Waals surface area contributed by atoms with Gasteiger partial charge in [-0.3, -0.25) is 4.79 Å². The van der Waals surface area contributed by atoms with Gasteiger partial charge in [-0.15, -0.1) is 0 Å². The standard InChI is InChI=1S/C28H19F3N4O/c29-28(30,31)21-16-22(19-12-6-2-7-13-19)33-25-23(21)24(20-14-8-3-9-15-20)34-26(35-25)27(36)32-17-18-10-4-1-5-11-18/h1-16H,17H2,(H,32,36). The van der Waals surface area contributed by atoms with E-state index in [1.54, 1.807) is 60.7 Å². The van der Waals surface area contributed by atoms with E-state index in [0.717, 1.165) is 11.6 Å². The number of halogens is 3. The molecule has 0 aliphatic heterocycles. The molecule has 1 N–H and O–H groups in total. The van der Waals surface area contributed by atoms with Gasteiger partial charge in [0, 0.05) is 17.7 Å². The maximum Gasteiger partial charge on any atom is 0.417 e. The number of nitrogens with one attached hydrogen (secondary N) is 1. The predicted octanol–water partition coefficient (Wildman–Crippen LogP) is 6.31. The quantitative estimate of drug-likeness (QED) is 0.318. The van der Waals surface area contributed by atoms with Crippen LogP contribution in [-0.2, 0) is 12.7 Å². The van der Waals surface area contributed by atoms with Gasteiger partial charge in [-0.05, 0) is 11.6 Å². The van der Waals surface area contributed by atoms with Crippen LogP contribution in [0, 0.1) is 0 Å². The second kappa shape index (κ2) is 9.58. The molecule has 5 nitrogen and oxygen atoms in total. The normalized spacial score (nSPS) is 11.4. The maximum absolute atomic E-state index is 14.3. The lowest BCUT2D eigenvalue weighted by atomic mass is 10.0. The minimum absolute atomic E-state index is 0.00935. The largest absolute Gasteiger partial charge is 0.417 e. The number of nitrogens with zero attached hydrogens (tertiary/aromatic N) is 3. The van der Waals surface area contributed by atoms with E-state index in [9.17, 15) is 18.0 Å². The van der Waals surface area contributed by atoms with Gasteiger partial charge in [-0.25, -0.2) is 15.0 Å². The molecule has 36 heavy (non-hydrogen) atoms. The number of hydrogen-bond acceptors (Lipinski definition) is 4. The van der Waals surface area contributed by atoms with E-state index in [-0.39, 0.29) is 34.8 Å². The molecule has 0 spiro atoms. The molecule has 0 atom stereocenters. The van der Waals surface area contributed by atoms with Crippen molar-refractivity contribution >= 4 is 16.9 Å². The SMILES string of the molecule is O=C(NCc1ccccc1)c1nc(-c2ccccc2)c2c(C(F)(F)F)cc(-c3ccccc3)nc2n1. The van der Waals surface area contributed by atoms with Gasteiger partial charge >= 0.3 is 6.18 Å². The third-order valence-electron chi connectivity index (χ3n) is 5.59. The monoisotopic (exact) mass is 484 g/mol. The molecular formula is C28H19F3N4O. The summed E-state index contributed by atoms with van der Waals surface area (Å²) in [7, 11) is 0. The highest BCUT2D eigenvalue weighted by Crippen LogP contribution is 2.40. The molecular weight excluding hydrogens is 465 g/mol. The molecule has 0 aliphatic rings. The van der Waals surface area contributed by atoms with Gasteiger partial charge in [0.05, 0.1) is 22.3 Å². The first kappa shape index (κ1) is 23.2. The van der Waals surface area contributed by atoms with Gasteiger partial charge in [0.1, 0.15) is 0 Å². The number of carbonyl (C=O) groups is 1. The zero-order valence-corrected chi connectivity index (χ0v) is 18.8. The Morgan fingerprint density at radius 2 is 1.33 bits per heavy atom. The number of amides is 1. The highest BCUT2D eigenvalue weighted by molar-refractivity contribution is 5.99. The maximum atomic E-state index is 14.3. The summed E-state index contributed by atoms with van der Waals surface area (Å²) >= 11 is 0. The molecule has 0 saturated carbocycles. The van der Waals surface area contributed by atoms with Gasteiger partial charge in [0.2, 0.25) is 5.82 Å². The molecule has 0 radical (unpaired) electrons. The predicted molar refractivity (Wildman–Crippen MR) is 131 cm³/mol. The number of aromatic nitrogens is 3. The van der Waals surface area contributed by atoms with Crippen LogP contribution < -0.4 is 5.32 Å². The van der Waals surface area contributed by atoms with E-state index >= 15 is 0 Å². The second-order valence-corrected chi connectivity index (χ2v) is 8.05. The number of carbonyl (C=O) groups excluding carboxylic acids is 1. The number of hydrogen-bond donors (Lipinski definition) is 1. The number of benzene rings is 3. The van der Waals surface area contributed by atoms with Crippen molar-refractivity contribution in [3.05, 3.63) is 114 Å². The van der Waals surface area contributed by atoms with Crippen LogP contribution in [0.4, 0.5) is 13.2 Å². The van der Waals surface area contributed by atoms with Crippen LogP contribution in [-0.4, -0.2) is 20.9 Å². The molecule has 5 rings (SSSR count). The van der Waals surface area contributed by atoms with Gasteiger partial charge in [0.25, 0.3) is 5.91 Å². The fraction of sp³-hybridized carbons (Fsp3) is 0.0714. The lowest BCUT2D eigenvalue weighted by molar-refractivity contribution is -0.136. The molecule has 178 valence electrons. The van der Waals surface area contributed by atoms with Crippen molar-refractivity contribution in [3.8, 4) is 22.5 Å². The first-order valence-corrected chi connectivity index (χ1v) is 11.1.